The average Bonchev–Trinajstić information content (AvgIpc) is 3.05. The Hall–Kier alpha value is -1.73. The van der Waals surface area contributed by atoms with E-state index in [1.54, 1.807) is 10.3 Å². The first kappa shape index (κ1) is 19.0. The molecule has 0 N–H and O–H groups in total. The molecule has 1 amide bonds. The maximum Gasteiger partial charge on any atom is 0.273 e. The molecule has 0 saturated carbocycles. The number of nitrogens with zero attached hydrogens (tertiary/aromatic N) is 2. The maximum atomic E-state index is 12.8. The zero-order chi connectivity index (χ0) is 18.9. The first-order chi connectivity index (χ1) is 12.3. The van der Waals surface area contributed by atoms with Gasteiger partial charge in [-0.1, -0.05) is 38.1 Å². The quantitative estimate of drug-likeness (QED) is 0.801. The molecule has 7 heteroatoms. The Bertz CT molecular complexity index is 886. The van der Waals surface area contributed by atoms with Gasteiger partial charge in [-0.2, -0.15) is 0 Å². The van der Waals surface area contributed by atoms with Crippen LogP contribution in [0.5, 0.6) is 0 Å². The SMILES string of the molecule is CC(C)c1ccc(-c2nc(C(=O)N3CCS(=O)(=O)CCC3C)cs2)cc1. The summed E-state index contributed by atoms with van der Waals surface area (Å²) in [6, 6.07) is 8.14. The third-order valence-corrected chi connectivity index (χ3v) is 7.38. The number of aromatic nitrogens is 1. The van der Waals surface area contributed by atoms with Crippen LogP contribution in [-0.2, 0) is 9.84 Å². The van der Waals surface area contributed by atoms with Crippen molar-refractivity contribution in [3.63, 3.8) is 0 Å². The molecule has 0 bridgehead atoms. The van der Waals surface area contributed by atoms with Crippen LogP contribution in [0.4, 0.5) is 0 Å². The minimum Gasteiger partial charge on any atom is -0.334 e. The number of carbonyl (C=O) groups is 1. The van der Waals surface area contributed by atoms with Crippen LogP contribution >= 0.6 is 11.3 Å². The number of rotatable bonds is 3. The molecule has 1 atom stereocenters. The van der Waals surface area contributed by atoms with Gasteiger partial charge in [-0.15, -0.1) is 11.3 Å². The fourth-order valence-electron chi connectivity index (χ4n) is 3.03. The standard InChI is InChI=1S/C19H24N2O3S2/c1-13(2)15-4-6-16(7-5-15)18-20-17(12-25-18)19(22)21-9-11-26(23,24)10-8-14(21)3/h4-7,12-14H,8-11H2,1-3H3. The van der Waals surface area contributed by atoms with E-state index in [1.807, 2.05) is 19.1 Å². The van der Waals surface area contributed by atoms with Crippen LogP contribution in [0.25, 0.3) is 10.6 Å². The van der Waals surface area contributed by atoms with Crippen LogP contribution in [0.2, 0.25) is 0 Å². The molecule has 1 aromatic carbocycles. The molecule has 2 aromatic rings. The van der Waals surface area contributed by atoms with E-state index in [0.29, 0.717) is 18.0 Å². The van der Waals surface area contributed by atoms with Gasteiger partial charge >= 0.3 is 0 Å². The van der Waals surface area contributed by atoms with E-state index in [-0.39, 0.29) is 30.0 Å². The van der Waals surface area contributed by atoms with Crippen molar-refractivity contribution >= 4 is 27.1 Å². The van der Waals surface area contributed by atoms with Gasteiger partial charge in [-0.25, -0.2) is 13.4 Å². The summed E-state index contributed by atoms with van der Waals surface area (Å²) in [4.78, 5) is 19.0. The number of hydrogen-bond acceptors (Lipinski definition) is 5. The van der Waals surface area contributed by atoms with Crippen molar-refractivity contribution in [3.8, 4) is 10.6 Å². The van der Waals surface area contributed by atoms with E-state index in [0.717, 1.165) is 10.6 Å². The van der Waals surface area contributed by atoms with Gasteiger partial charge < -0.3 is 4.90 Å². The summed E-state index contributed by atoms with van der Waals surface area (Å²) in [6.45, 7) is 6.43. The molecule has 1 aromatic heterocycles. The Balaban J connectivity index is 1.79. The summed E-state index contributed by atoms with van der Waals surface area (Å²) < 4.78 is 23.7. The molecule has 1 fully saturated rings. The largest absolute Gasteiger partial charge is 0.334 e. The minimum atomic E-state index is -3.06. The van der Waals surface area contributed by atoms with Gasteiger partial charge in [0.1, 0.15) is 10.7 Å². The van der Waals surface area contributed by atoms with Crippen molar-refractivity contribution in [2.24, 2.45) is 0 Å². The molecule has 5 nitrogen and oxygen atoms in total. The number of benzene rings is 1. The number of sulfone groups is 1. The van der Waals surface area contributed by atoms with E-state index < -0.39 is 9.84 Å². The fraction of sp³-hybridized carbons (Fsp3) is 0.474. The van der Waals surface area contributed by atoms with Gasteiger partial charge in [0.2, 0.25) is 0 Å². The molecule has 2 heterocycles. The summed E-state index contributed by atoms with van der Waals surface area (Å²) in [5.74, 6) is 0.452. The van der Waals surface area contributed by atoms with Gasteiger partial charge in [0.25, 0.3) is 5.91 Å². The first-order valence-electron chi connectivity index (χ1n) is 8.84. The van der Waals surface area contributed by atoms with Crippen LogP contribution in [0.15, 0.2) is 29.6 Å². The summed E-state index contributed by atoms with van der Waals surface area (Å²) in [7, 11) is -3.06. The second-order valence-corrected chi connectivity index (χ2v) is 10.3. The van der Waals surface area contributed by atoms with E-state index in [4.69, 9.17) is 0 Å². The van der Waals surface area contributed by atoms with E-state index in [1.165, 1.54) is 16.9 Å². The summed E-state index contributed by atoms with van der Waals surface area (Å²) in [5, 5.41) is 2.57. The zero-order valence-electron chi connectivity index (χ0n) is 15.3. The first-order valence-corrected chi connectivity index (χ1v) is 11.5. The highest BCUT2D eigenvalue weighted by Gasteiger charge is 2.29. The van der Waals surface area contributed by atoms with Crippen LogP contribution in [0.3, 0.4) is 0 Å². The lowest BCUT2D eigenvalue weighted by Crippen LogP contribution is -2.39. The minimum absolute atomic E-state index is 0.0245. The van der Waals surface area contributed by atoms with Crippen molar-refractivity contribution in [2.45, 2.75) is 39.2 Å². The molecule has 1 aliphatic rings. The third kappa shape index (κ3) is 4.15. The summed E-state index contributed by atoms with van der Waals surface area (Å²) >= 11 is 1.44. The van der Waals surface area contributed by atoms with Crippen LogP contribution in [-0.4, -0.2) is 48.3 Å². The van der Waals surface area contributed by atoms with E-state index in [2.05, 4.69) is 31.0 Å². The Morgan fingerprint density at radius 2 is 1.92 bits per heavy atom. The van der Waals surface area contributed by atoms with Gasteiger partial charge in [0, 0.05) is 23.5 Å². The highest BCUT2D eigenvalue weighted by atomic mass is 32.2. The molecule has 3 rings (SSSR count). The van der Waals surface area contributed by atoms with Gasteiger partial charge in [0.05, 0.1) is 11.5 Å². The highest BCUT2D eigenvalue weighted by molar-refractivity contribution is 7.91. The molecule has 0 spiro atoms. The van der Waals surface area contributed by atoms with E-state index in [9.17, 15) is 13.2 Å². The Morgan fingerprint density at radius 1 is 1.23 bits per heavy atom. The molecule has 140 valence electrons. The molecule has 0 aliphatic carbocycles. The molecule has 0 radical (unpaired) electrons. The second kappa shape index (κ2) is 7.48. The molecule has 1 saturated heterocycles. The predicted octanol–water partition coefficient (Wildman–Crippen LogP) is 3.58. The normalized spacial score (nSPS) is 20.2. The zero-order valence-corrected chi connectivity index (χ0v) is 16.9. The second-order valence-electron chi connectivity index (χ2n) is 7.10. The van der Waals surface area contributed by atoms with Crippen LogP contribution < -0.4 is 0 Å². The van der Waals surface area contributed by atoms with E-state index >= 15 is 0 Å². The molecule has 1 unspecified atom stereocenters. The topological polar surface area (TPSA) is 67.3 Å². The Kier molecular flexibility index (Phi) is 5.48. The van der Waals surface area contributed by atoms with Gasteiger partial charge in [-0.3, -0.25) is 4.79 Å². The maximum absolute atomic E-state index is 12.8. The van der Waals surface area contributed by atoms with Crippen molar-refractivity contribution in [1.29, 1.82) is 0 Å². The van der Waals surface area contributed by atoms with Crippen molar-refractivity contribution in [3.05, 3.63) is 40.9 Å². The van der Waals surface area contributed by atoms with Gasteiger partial charge in [-0.05, 0) is 24.8 Å². The molecule has 26 heavy (non-hydrogen) atoms. The van der Waals surface area contributed by atoms with Crippen molar-refractivity contribution in [1.82, 2.24) is 9.88 Å². The molecule has 1 aliphatic heterocycles. The summed E-state index contributed by atoms with van der Waals surface area (Å²) in [6.07, 6.45) is 0.474. The van der Waals surface area contributed by atoms with Crippen LogP contribution in [0, 0.1) is 0 Å². The monoisotopic (exact) mass is 392 g/mol. The lowest BCUT2D eigenvalue weighted by Gasteiger charge is -2.25. The van der Waals surface area contributed by atoms with Gasteiger partial charge in [0.15, 0.2) is 9.84 Å². The number of hydrogen-bond donors (Lipinski definition) is 0. The number of carbonyl (C=O) groups excluding carboxylic acids is 1. The lowest BCUT2D eigenvalue weighted by atomic mass is 10.0. The molecular weight excluding hydrogens is 368 g/mol. The summed E-state index contributed by atoms with van der Waals surface area (Å²) in [5.41, 5.74) is 2.65. The lowest BCUT2D eigenvalue weighted by molar-refractivity contribution is 0.0701. The predicted molar refractivity (Wildman–Crippen MR) is 105 cm³/mol. The smallest absolute Gasteiger partial charge is 0.273 e. The Morgan fingerprint density at radius 3 is 2.58 bits per heavy atom. The van der Waals surface area contributed by atoms with Crippen LogP contribution in [0.1, 0.15) is 49.2 Å². The van der Waals surface area contributed by atoms with Crippen molar-refractivity contribution < 1.29 is 13.2 Å². The van der Waals surface area contributed by atoms with Crippen molar-refractivity contribution in [2.75, 3.05) is 18.1 Å². The Labute approximate surface area is 159 Å². The highest BCUT2D eigenvalue weighted by Crippen LogP contribution is 2.27. The number of amides is 1. The molecular formula is C19H24N2O3S2. The fourth-order valence-corrected chi connectivity index (χ4v) is 5.21. The average molecular weight is 393 g/mol. The number of thiazole rings is 1. The third-order valence-electron chi connectivity index (χ3n) is 4.83.